The van der Waals surface area contributed by atoms with Crippen LogP contribution in [0.25, 0.3) is 5.57 Å². The second-order valence-electron chi connectivity index (χ2n) is 3.17. The van der Waals surface area contributed by atoms with E-state index in [0.29, 0.717) is 0 Å². The van der Waals surface area contributed by atoms with Crippen molar-refractivity contribution < 1.29 is 0 Å². The zero-order valence-corrected chi connectivity index (χ0v) is 9.96. The van der Waals surface area contributed by atoms with Crippen molar-refractivity contribution in [2.75, 3.05) is 0 Å². The van der Waals surface area contributed by atoms with Gasteiger partial charge >= 0.3 is 0 Å². The van der Waals surface area contributed by atoms with E-state index in [1.807, 2.05) is 19.9 Å². The largest absolute Gasteiger partial charge is 0.103 e. The van der Waals surface area contributed by atoms with Crippen LogP contribution in [0, 0.1) is 6.92 Å². The molecule has 0 aliphatic carbocycles. The van der Waals surface area contributed by atoms with Crippen LogP contribution in [-0.2, 0) is 0 Å². The zero-order valence-electron chi connectivity index (χ0n) is 9.96. The highest BCUT2D eigenvalue weighted by Crippen LogP contribution is 2.18. The molecular weight excluding hydrogens is 180 g/mol. The minimum Gasteiger partial charge on any atom is -0.103 e. The minimum atomic E-state index is 1.20. The highest BCUT2D eigenvalue weighted by atomic mass is 14.0. The first-order valence-electron chi connectivity index (χ1n) is 5.13. The molecule has 0 saturated heterocycles. The van der Waals surface area contributed by atoms with Crippen molar-refractivity contribution in [3.63, 3.8) is 0 Å². The van der Waals surface area contributed by atoms with Gasteiger partial charge in [-0.25, -0.2) is 0 Å². The van der Waals surface area contributed by atoms with Gasteiger partial charge in [-0.3, -0.25) is 0 Å². The second-order valence-corrected chi connectivity index (χ2v) is 3.17. The number of hydrogen-bond acceptors (Lipinski definition) is 0. The Hall–Kier alpha value is -1.56. The third-order valence-corrected chi connectivity index (χ3v) is 1.99. The van der Waals surface area contributed by atoms with Gasteiger partial charge in [-0.2, -0.15) is 0 Å². The number of allylic oxidation sites excluding steroid dienone is 4. The van der Waals surface area contributed by atoms with E-state index in [0.717, 1.165) is 0 Å². The Kier molecular flexibility index (Phi) is 7.00. The van der Waals surface area contributed by atoms with Crippen molar-refractivity contribution in [1.82, 2.24) is 0 Å². The number of benzene rings is 1. The van der Waals surface area contributed by atoms with Gasteiger partial charge < -0.3 is 0 Å². The van der Waals surface area contributed by atoms with Gasteiger partial charge in [0.25, 0.3) is 0 Å². The zero-order chi connectivity index (χ0) is 11.7. The summed E-state index contributed by atoms with van der Waals surface area (Å²) in [5, 5.41) is 0. The van der Waals surface area contributed by atoms with Crippen LogP contribution in [0.4, 0.5) is 0 Å². The monoisotopic (exact) mass is 200 g/mol. The Balaban J connectivity index is 0.000000583. The molecule has 0 amide bonds. The van der Waals surface area contributed by atoms with E-state index in [1.54, 1.807) is 6.08 Å². The topological polar surface area (TPSA) is 0 Å². The van der Waals surface area contributed by atoms with Crippen LogP contribution in [0.15, 0.2) is 55.7 Å². The molecule has 0 heteroatoms. The van der Waals surface area contributed by atoms with Crippen molar-refractivity contribution in [2.24, 2.45) is 0 Å². The molecule has 15 heavy (non-hydrogen) atoms. The lowest BCUT2D eigenvalue weighted by Crippen LogP contribution is -1.84. The summed E-state index contributed by atoms with van der Waals surface area (Å²) in [6.07, 6.45) is 5.72. The van der Waals surface area contributed by atoms with Crippen LogP contribution in [0.1, 0.15) is 25.0 Å². The molecule has 80 valence electrons. The van der Waals surface area contributed by atoms with Gasteiger partial charge in [0.2, 0.25) is 0 Å². The van der Waals surface area contributed by atoms with E-state index in [1.165, 1.54) is 16.7 Å². The first-order valence-corrected chi connectivity index (χ1v) is 5.13. The smallest absolute Gasteiger partial charge is 0.0158 e. The molecule has 0 fully saturated rings. The maximum Gasteiger partial charge on any atom is -0.0158 e. The Morgan fingerprint density at radius 2 is 1.67 bits per heavy atom. The molecule has 1 aromatic rings. The molecule has 0 saturated carbocycles. The van der Waals surface area contributed by atoms with Gasteiger partial charge in [0, 0.05) is 0 Å². The summed E-state index contributed by atoms with van der Waals surface area (Å²) in [5.41, 5.74) is 3.77. The summed E-state index contributed by atoms with van der Waals surface area (Å²) in [6, 6.07) is 8.33. The highest BCUT2D eigenvalue weighted by Gasteiger charge is 1.97. The Morgan fingerprint density at radius 3 is 2.07 bits per heavy atom. The first kappa shape index (κ1) is 13.4. The van der Waals surface area contributed by atoms with Crippen molar-refractivity contribution >= 4 is 5.57 Å². The SMILES string of the molecule is C=C/C(=C\C)c1ccccc1C.C=CC. The first-order chi connectivity index (χ1) is 7.21. The number of aryl methyl sites for hydroxylation is 1. The molecular formula is C15H20. The van der Waals surface area contributed by atoms with Gasteiger partial charge in [0.1, 0.15) is 0 Å². The highest BCUT2D eigenvalue weighted by molar-refractivity contribution is 5.75. The van der Waals surface area contributed by atoms with Crippen LogP contribution in [0.2, 0.25) is 0 Å². The van der Waals surface area contributed by atoms with E-state index >= 15 is 0 Å². The molecule has 0 aromatic heterocycles. The standard InChI is InChI=1S/C12H14.C3H6/c1-4-11(5-2)12-9-7-6-8-10(12)3;1-3-2/h4-9H,1H2,2-3H3;3H,1H2,2H3/b11-5+;. The maximum absolute atomic E-state index is 3.78. The van der Waals surface area contributed by atoms with Gasteiger partial charge in [-0.1, -0.05) is 49.1 Å². The van der Waals surface area contributed by atoms with Crippen LogP contribution in [0.3, 0.4) is 0 Å². The molecule has 0 heterocycles. The van der Waals surface area contributed by atoms with Gasteiger partial charge in [0.15, 0.2) is 0 Å². The van der Waals surface area contributed by atoms with E-state index in [4.69, 9.17) is 0 Å². The summed E-state index contributed by atoms with van der Waals surface area (Å²) < 4.78 is 0. The molecule has 0 radical (unpaired) electrons. The maximum atomic E-state index is 3.78. The Bertz CT molecular complexity index is 343. The predicted molar refractivity (Wildman–Crippen MR) is 70.9 cm³/mol. The lowest BCUT2D eigenvalue weighted by molar-refractivity contribution is 1.42. The van der Waals surface area contributed by atoms with Gasteiger partial charge in [-0.05, 0) is 37.5 Å². The Labute approximate surface area is 93.7 Å². The van der Waals surface area contributed by atoms with E-state index < -0.39 is 0 Å². The van der Waals surface area contributed by atoms with Crippen LogP contribution < -0.4 is 0 Å². The van der Waals surface area contributed by atoms with Gasteiger partial charge in [0.05, 0.1) is 0 Å². The number of rotatable bonds is 2. The second kappa shape index (κ2) is 7.81. The molecule has 1 rings (SSSR count). The normalized spacial score (nSPS) is 9.93. The third-order valence-electron chi connectivity index (χ3n) is 1.99. The van der Waals surface area contributed by atoms with E-state index in [2.05, 4.69) is 50.4 Å². The molecule has 0 atom stereocenters. The van der Waals surface area contributed by atoms with E-state index in [9.17, 15) is 0 Å². The fraction of sp³-hybridized carbons (Fsp3) is 0.200. The van der Waals surface area contributed by atoms with Crippen LogP contribution in [0.5, 0.6) is 0 Å². The molecule has 0 bridgehead atoms. The average Bonchev–Trinajstić information content (AvgIpc) is 2.24. The molecule has 0 nitrogen and oxygen atoms in total. The minimum absolute atomic E-state index is 1.20. The summed E-state index contributed by atoms with van der Waals surface area (Å²) in [6.45, 7) is 13.2. The van der Waals surface area contributed by atoms with Gasteiger partial charge in [-0.15, -0.1) is 6.58 Å². The van der Waals surface area contributed by atoms with Crippen molar-refractivity contribution in [3.05, 3.63) is 66.8 Å². The van der Waals surface area contributed by atoms with Crippen molar-refractivity contribution in [2.45, 2.75) is 20.8 Å². The number of hydrogen-bond donors (Lipinski definition) is 0. The molecule has 0 N–H and O–H groups in total. The molecule has 0 aliphatic rings. The van der Waals surface area contributed by atoms with Crippen LogP contribution in [-0.4, -0.2) is 0 Å². The molecule has 0 unspecified atom stereocenters. The lowest BCUT2D eigenvalue weighted by atomic mass is 10.0. The molecule has 0 spiro atoms. The van der Waals surface area contributed by atoms with E-state index in [-0.39, 0.29) is 0 Å². The predicted octanol–water partition coefficient (Wildman–Crippen LogP) is 4.78. The summed E-state index contributed by atoms with van der Waals surface area (Å²) >= 11 is 0. The lowest BCUT2D eigenvalue weighted by Gasteiger charge is -2.04. The average molecular weight is 200 g/mol. The quantitative estimate of drug-likeness (QED) is 0.476. The molecule has 0 aliphatic heterocycles. The van der Waals surface area contributed by atoms with Crippen LogP contribution >= 0.6 is 0 Å². The Morgan fingerprint density at radius 1 is 1.13 bits per heavy atom. The summed E-state index contributed by atoms with van der Waals surface area (Å²) in [5.74, 6) is 0. The van der Waals surface area contributed by atoms with Crippen molar-refractivity contribution in [1.29, 1.82) is 0 Å². The summed E-state index contributed by atoms with van der Waals surface area (Å²) in [4.78, 5) is 0. The third kappa shape index (κ3) is 4.46. The summed E-state index contributed by atoms with van der Waals surface area (Å²) in [7, 11) is 0. The van der Waals surface area contributed by atoms with Crippen molar-refractivity contribution in [3.8, 4) is 0 Å². The fourth-order valence-electron chi connectivity index (χ4n) is 1.28. The fourth-order valence-corrected chi connectivity index (χ4v) is 1.28. The molecule has 1 aromatic carbocycles.